The van der Waals surface area contributed by atoms with Crippen LogP contribution in [0, 0.1) is 20.8 Å². The zero-order valence-electron chi connectivity index (χ0n) is 32.5. The number of ether oxygens (including phenoxy) is 5. The molecule has 0 unspecified atom stereocenters. The van der Waals surface area contributed by atoms with Crippen molar-refractivity contribution in [3.05, 3.63) is 119 Å². The topological polar surface area (TPSA) is 125 Å². The second kappa shape index (κ2) is 16.7. The molecule has 1 aliphatic heterocycles. The third-order valence-corrected chi connectivity index (χ3v) is 9.61. The molecule has 0 aliphatic carbocycles. The molecule has 1 fully saturated rings. The van der Waals surface area contributed by atoms with Crippen LogP contribution in [0.4, 0.5) is 0 Å². The van der Waals surface area contributed by atoms with Crippen molar-refractivity contribution in [1.29, 1.82) is 0 Å². The van der Waals surface area contributed by atoms with Gasteiger partial charge in [-0.25, -0.2) is 9.59 Å². The molecule has 0 atom stereocenters. The molecular weight excluding hydrogens is 691 g/mol. The SMILES string of the molecule is COC(=O)c1cc(COc2ccc(-c3ccc(OC)cc3C)cc2)c(C)o1.COC(=O)c1cc(COc2ccc(B3OC(C)(C)C(C)(C)O3)cc2)c(C)o1. The molecule has 12 heteroatoms. The Morgan fingerprint density at radius 3 is 1.48 bits per heavy atom. The first-order valence-corrected chi connectivity index (χ1v) is 17.5. The standard InChI is InChI=1S/C22H22O5.C20H25BO6/c1-14-11-19(24-3)9-10-20(14)16-5-7-18(8-6-16)26-13-17-12-21(22(23)25-4)27-15(17)2;1-13-14(11-17(25-13)18(22)23-6)12-24-16-9-7-15(8-10-16)21-26-19(2,3)20(4,5)27-21/h5-12H,13H2,1-4H3;7-11H,12H2,1-6H3. The van der Waals surface area contributed by atoms with Gasteiger partial charge in [-0.05, 0) is 119 Å². The maximum absolute atomic E-state index is 11.5. The number of carbonyl (C=O) groups is 2. The molecule has 0 radical (unpaired) electrons. The van der Waals surface area contributed by atoms with E-state index in [2.05, 4.69) is 16.4 Å². The van der Waals surface area contributed by atoms with E-state index >= 15 is 0 Å². The minimum atomic E-state index is -0.504. The number of methoxy groups -OCH3 is 3. The van der Waals surface area contributed by atoms with Crippen molar-refractivity contribution in [2.24, 2.45) is 0 Å². The van der Waals surface area contributed by atoms with E-state index in [-0.39, 0.29) is 22.7 Å². The number of benzene rings is 3. The highest BCUT2D eigenvalue weighted by molar-refractivity contribution is 6.62. The molecule has 0 N–H and O–H groups in total. The minimum absolute atomic E-state index is 0.171. The van der Waals surface area contributed by atoms with E-state index in [1.807, 2.05) is 94.4 Å². The third-order valence-electron chi connectivity index (χ3n) is 9.61. The lowest BCUT2D eigenvalue weighted by Crippen LogP contribution is -2.41. The van der Waals surface area contributed by atoms with Gasteiger partial charge in [0, 0.05) is 11.1 Å². The molecule has 11 nitrogen and oxygen atoms in total. The summed E-state index contributed by atoms with van der Waals surface area (Å²) in [7, 11) is 3.90. The molecule has 6 rings (SSSR count). The maximum Gasteiger partial charge on any atom is 0.494 e. The monoisotopic (exact) mass is 738 g/mol. The van der Waals surface area contributed by atoms with Gasteiger partial charge in [-0.2, -0.15) is 0 Å². The molecule has 0 amide bonds. The van der Waals surface area contributed by atoms with Crippen molar-refractivity contribution >= 4 is 24.5 Å². The molecule has 0 spiro atoms. The van der Waals surface area contributed by atoms with Gasteiger partial charge in [-0.15, -0.1) is 0 Å². The molecule has 1 aliphatic rings. The number of carbonyl (C=O) groups excluding carboxylic acids is 2. The van der Waals surface area contributed by atoms with E-state index in [1.54, 1.807) is 33.1 Å². The van der Waals surface area contributed by atoms with Crippen molar-refractivity contribution < 1.29 is 51.4 Å². The van der Waals surface area contributed by atoms with Crippen LogP contribution in [0.3, 0.4) is 0 Å². The molecule has 284 valence electrons. The Morgan fingerprint density at radius 2 is 1.06 bits per heavy atom. The average Bonchev–Trinajstić information content (AvgIpc) is 3.80. The Labute approximate surface area is 316 Å². The van der Waals surface area contributed by atoms with Gasteiger partial charge in [0.15, 0.2) is 0 Å². The van der Waals surface area contributed by atoms with Crippen LogP contribution >= 0.6 is 0 Å². The normalized spacial score (nSPS) is 14.1. The number of hydrogen-bond acceptors (Lipinski definition) is 11. The van der Waals surface area contributed by atoms with Crippen LogP contribution in [0.25, 0.3) is 11.1 Å². The van der Waals surface area contributed by atoms with Gasteiger partial charge in [-0.3, -0.25) is 0 Å². The Kier molecular flexibility index (Phi) is 12.3. The Hall–Kier alpha value is -5.46. The number of rotatable bonds is 11. The Bertz CT molecular complexity index is 2040. The fourth-order valence-electron chi connectivity index (χ4n) is 5.57. The second-order valence-electron chi connectivity index (χ2n) is 13.8. The summed E-state index contributed by atoms with van der Waals surface area (Å²) < 4.78 is 49.1. The predicted molar refractivity (Wildman–Crippen MR) is 204 cm³/mol. The van der Waals surface area contributed by atoms with Crippen LogP contribution in [0.5, 0.6) is 17.2 Å². The van der Waals surface area contributed by atoms with Gasteiger partial charge in [0.25, 0.3) is 0 Å². The first-order chi connectivity index (χ1) is 25.6. The summed E-state index contributed by atoms with van der Waals surface area (Å²) in [5.74, 6) is 2.91. The van der Waals surface area contributed by atoms with E-state index in [0.717, 1.165) is 44.8 Å². The van der Waals surface area contributed by atoms with Crippen molar-refractivity contribution in [1.82, 2.24) is 0 Å². The summed E-state index contributed by atoms with van der Waals surface area (Å²) >= 11 is 0. The first kappa shape index (κ1) is 39.7. The van der Waals surface area contributed by atoms with Crippen LogP contribution in [-0.4, -0.2) is 51.6 Å². The van der Waals surface area contributed by atoms with Crippen LogP contribution in [0.1, 0.15) is 77.0 Å². The van der Waals surface area contributed by atoms with Crippen molar-refractivity contribution in [3.8, 4) is 28.4 Å². The summed E-state index contributed by atoms with van der Waals surface area (Å²) in [5, 5.41) is 0. The summed E-state index contributed by atoms with van der Waals surface area (Å²) in [5.41, 5.74) is 5.20. The lowest BCUT2D eigenvalue weighted by molar-refractivity contribution is 0.00578. The van der Waals surface area contributed by atoms with Crippen molar-refractivity contribution in [2.45, 2.75) is 72.9 Å². The highest BCUT2D eigenvalue weighted by Crippen LogP contribution is 2.36. The van der Waals surface area contributed by atoms with Gasteiger partial charge < -0.3 is 41.8 Å². The quantitative estimate of drug-likeness (QED) is 0.0962. The van der Waals surface area contributed by atoms with Gasteiger partial charge in [0.2, 0.25) is 11.5 Å². The van der Waals surface area contributed by atoms with Crippen LogP contribution < -0.4 is 19.7 Å². The van der Waals surface area contributed by atoms with Gasteiger partial charge in [0.05, 0.1) is 32.5 Å². The number of esters is 2. The summed E-state index contributed by atoms with van der Waals surface area (Å²) in [4.78, 5) is 23.1. The number of aryl methyl sites for hydroxylation is 3. The van der Waals surface area contributed by atoms with Crippen LogP contribution in [-0.2, 0) is 32.0 Å². The smallest absolute Gasteiger partial charge is 0.494 e. The summed E-state index contributed by atoms with van der Waals surface area (Å²) in [6, 6.07) is 24.8. The molecule has 5 aromatic rings. The predicted octanol–water partition coefficient (Wildman–Crippen LogP) is 8.19. The Morgan fingerprint density at radius 1 is 0.611 bits per heavy atom. The lowest BCUT2D eigenvalue weighted by atomic mass is 9.79. The largest absolute Gasteiger partial charge is 0.497 e. The highest BCUT2D eigenvalue weighted by Gasteiger charge is 2.51. The third kappa shape index (κ3) is 9.18. The number of furan rings is 2. The van der Waals surface area contributed by atoms with E-state index < -0.39 is 19.1 Å². The molecule has 54 heavy (non-hydrogen) atoms. The van der Waals surface area contributed by atoms with E-state index in [1.165, 1.54) is 14.2 Å². The molecule has 0 bridgehead atoms. The first-order valence-electron chi connectivity index (χ1n) is 17.5. The summed E-state index contributed by atoms with van der Waals surface area (Å²) in [6.45, 7) is 14.4. The molecule has 3 aromatic carbocycles. The zero-order valence-corrected chi connectivity index (χ0v) is 32.5. The van der Waals surface area contributed by atoms with Gasteiger partial charge in [0.1, 0.15) is 42.0 Å². The molecule has 0 saturated carbocycles. The summed E-state index contributed by atoms with van der Waals surface area (Å²) in [6.07, 6.45) is 0. The van der Waals surface area contributed by atoms with Gasteiger partial charge >= 0.3 is 19.1 Å². The fraction of sp³-hybridized carbons (Fsp3) is 0.333. The van der Waals surface area contributed by atoms with Crippen LogP contribution in [0.15, 0.2) is 87.7 Å². The van der Waals surface area contributed by atoms with Crippen molar-refractivity contribution in [3.63, 3.8) is 0 Å². The molecular formula is C42H47BO11. The second-order valence-corrected chi connectivity index (χ2v) is 13.8. The minimum Gasteiger partial charge on any atom is -0.497 e. The number of hydrogen-bond donors (Lipinski definition) is 0. The van der Waals surface area contributed by atoms with E-state index in [0.29, 0.717) is 30.5 Å². The Balaban J connectivity index is 0.000000208. The average molecular weight is 739 g/mol. The highest BCUT2D eigenvalue weighted by atomic mass is 16.7. The maximum atomic E-state index is 11.5. The molecule has 3 heterocycles. The molecule has 1 saturated heterocycles. The molecule has 2 aromatic heterocycles. The van der Waals surface area contributed by atoms with E-state index in [4.69, 9.17) is 32.4 Å². The van der Waals surface area contributed by atoms with E-state index in [9.17, 15) is 9.59 Å². The van der Waals surface area contributed by atoms with Crippen molar-refractivity contribution in [2.75, 3.05) is 21.3 Å². The lowest BCUT2D eigenvalue weighted by Gasteiger charge is -2.32. The fourth-order valence-corrected chi connectivity index (χ4v) is 5.57. The van der Waals surface area contributed by atoms with Gasteiger partial charge in [-0.1, -0.05) is 30.3 Å². The zero-order chi connectivity index (χ0) is 39.2. The van der Waals surface area contributed by atoms with Crippen LogP contribution in [0.2, 0.25) is 0 Å².